The van der Waals surface area contributed by atoms with Crippen LogP contribution in [0.15, 0.2) is 53.3 Å². The molecule has 0 aliphatic carbocycles. The second-order valence-corrected chi connectivity index (χ2v) is 7.72. The van der Waals surface area contributed by atoms with Gasteiger partial charge < -0.3 is 10.2 Å². The third-order valence-corrected chi connectivity index (χ3v) is 5.58. The van der Waals surface area contributed by atoms with Gasteiger partial charge in [-0.2, -0.15) is 5.10 Å². The molecule has 8 heteroatoms. The van der Waals surface area contributed by atoms with Crippen molar-refractivity contribution in [2.45, 2.75) is 19.3 Å². The number of amides is 1. The number of hydrogen-bond donors (Lipinski definition) is 1. The van der Waals surface area contributed by atoms with E-state index in [1.165, 1.54) is 4.68 Å². The summed E-state index contributed by atoms with van der Waals surface area (Å²) in [5.74, 6) is 0.906. The Labute approximate surface area is 178 Å². The van der Waals surface area contributed by atoms with Gasteiger partial charge in [0.2, 0.25) is 5.91 Å². The normalized spacial score (nSPS) is 13.8. The van der Waals surface area contributed by atoms with Crippen LogP contribution in [-0.2, 0) is 18.3 Å². The first-order valence-corrected chi connectivity index (χ1v) is 10.4. The van der Waals surface area contributed by atoms with E-state index in [1.807, 2.05) is 36.4 Å². The van der Waals surface area contributed by atoms with Crippen molar-refractivity contribution in [1.29, 1.82) is 0 Å². The zero-order valence-corrected chi connectivity index (χ0v) is 17.2. The number of fused-ring (bicyclic) bond motifs is 2. The van der Waals surface area contributed by atoms with Gasteiger partial charge in [-0.3, -0.25) is 9.59 Å². The molecule has 156 valence electrons. The zero-order chi connectivity index (χ0) is 21.4. The van der Waals surface area contributed by atoms with E-state index in [4.69, 9.17) is 4.98 Å². The highest BCUT2D eigenvalue weighted by Gasteiger charge is 2.21. The highest BCUT2D eigenvalue weighted by Crippen LogP contribution is 2.28. The number of para-hydroxylation sites is 2. The molecule has 0 spiro atoms. The molecular formula is C23H22N6O2. The van der Waals surface area contributed by atoms with Crippen LogP contribution in [-0.4, -0.2) is 38.7 Å². The maximum absolute atomic E-state index is 13.0. The molecule has 5 rings (SSSR count). The van der Waals surface area contributed by atoms with Crippen LogP contribution in [0.2, 0.25) is 0 Å². The van der Waals surface area contributed by atoms with E-state index in [0.717, 1.165) is 37.0 Å². The molecule has 2 aromatic heterocycles. The van der Waals surface area contributed by atoms with Gasteiger partial charge >= 0.3 is 0 Å². The maximum atomic E-state index is 13.0. The number of carbonyl (C=O) groups is 1. The molecule has 4 aromatic rings. The van der Waals surface area contributed by atoms with Gasteiger partial charge in [0.1, 0.15) is 0 Å². The van der Waals surface area contributed by atoms with Crippen molar-refractivity contribution in [1.82, 2.24) is 19.7 Å². The molecule has 3 heterocycles. The average molecular weight is 414 g/mol. The molecule has 0 bridgehead atoms. The number of aryl methyl sites for hydroxylation is 1. The average Bonchev–Trinajstić information content (AvgIpc) is 3.31. The quantitative estimate of drug-likeness (QED) is 0.552. The van der Waals surface area contributed by atoms with Crippen molar-refractivity contribution in [3.63, 3.8) is 0 Å². The molecule has 1 saturated heterocycles. The molecular weight excluding hydrogens is 392 g/mol. The third-order valence-electron chi connectivity index (χ3n) is 5.58. The van der Waals surface area contributed by atoms with E-state index < -0.39 is 0 Å². The van der Waals surface area contributed by atoms with Crippen LogP contribution in [0.1, 0.15) is 18.5 Å². The number of benzene rings is 2. The Bertz CT molecular complexity index is 1360. The van der Waals surface area contributed by atoms with E-state index >= 15 is 0 Å². The summed E-state index contributed by atoms with van der Waals surface area (Å²) in [6.07, 6.45) is 2.22. The van der Waals surface area contributed by atoms with E-state index in [2.05, 4.69) is 20.3 Å². The number of hydrogen-bond acceptors (Lipinski definition) is 6. The van der Waals surface area contributed by atoms with E-state index in [9.17, 15) is 9.59 Å². The molecule has 2 aromatic carbocycles. The van der Waals surface area contributed by atoms with Gasteiger partial charge in [-0.05, 0) is 31.0 Å². The number of rotatable bonds is 4. The summed E-state index contributed by atoms with van der Waals surface area (Å²) >= 11 is 0. The summed E-state index contributed by atoms with van der Waals surface area (Å²) in [5, 5.41) is 8.51. The molecule has 0 saturated carbocycles. The number of anilines is 2. The molecule has 31 heavy (non-hydrogen) atoms. The van der Waals surface area contributed by atoms with Crippen molar-refractivity contribution >= 4 is 39.3 Å². The number of nitrogens with zero attached hydrogens (tertiary/aromatic N) is 5. The van der Waals surface area contributed by atoms with E-state index in [-0.39, 0.29) is 17.9 Å². The molecule has 1 aliphatic heterocycles. The molecule has 8 nitrogen and oxygen atoms in total. The lowest BCUT2D eigenvalue weighted by molar-refractivity contribution is -0.115. The number of nitrogens with one attached hydrogen (secondary N) is 1. The monoisotopic (exact) mass is 414 g/mol. The van der Waals surface area contributed by atoms with Gasteiger partial charge in [-0.1, -0.05) is 30.3 Å². The molecule has 1 fully saturated rings. The van der Waals surface area contributed by atoms with Crippen LogP contribution in [0, 0.1) is 0 Å². The Morgan fingerprint density at radius 3 is 2.35 bits per heavy atom. The topological polar surface area (TPSA) is 93.0 Å². The minimum atomic E-state index is -0.249. The minimum absolute atomic E-state index is 0.0303. The summed E-state index contributed by atoms with van der Waals surface area (Å²) in [4.78, 5) is 37.0. The number of aromatic nitrogens is 4. The fraction of sp³-hybridized carbons (Fsp3) is 0.261. The molecule has 0 unspecified atom stereocenters. The van der Waals surface area contributed by atoms with Gasteiger partial charge in [0.05, 0.1) is 28.5 Å². The summed E-state index contributed by atoms with van der Waals surface area (Å²) in [7, 11) is 1.59. The lowest BCUT2D eigenvalue weighted by Gasteiger charge is -2.20. The lowest BCUT2D eigenvalue weighted by Crippen LogP contribution is -2.26. The smallest absolute Gasteiger partial charge is 0.274 e. The Balaban J connectivity index is 1.50. The first-order chi connectivity index (χ1) is 15.1. The van der Waals surface area contributed by atoms with Crippen molar-refractivity contribution < 1.29 is 4.79 Å². The van der Waals surface area contributed by atoms with Crippen LogP contribution in [0.4, 0.5) is 11.6 Å². The van der Waals surface area contributed by atoms with Crippen LogP contribution < -0.4 is 15.8 Å². The molecule has 1 aliphatic rings. The molecule has 0 atom stereocenters. The molecule has 0 radical (unpaired) electrons. The highest BCUT2D eigenvalue weighted by atomic mass is 16.2. The predicted molar refractivity (Wildman–Crippen MR) is 120 cm³/mol. The lowest BCUT2D eigenvalue weighted by atomic mass is 10.1. The summed E-state index contributed by atoms with van der Waals surface area (Å²) < 4.78 is 1.27. The zero-order valence-electron chi connectivity index (χ0n) is 17.2. The highest BCUT2D eigenvalue weighted by molar-refractivity contribution is 5.97. The summed E-state index contributed by atoms with van der Waals surface area (Å²) in [6, 6.07) is 14.9. The van der Waals surface area contributed by atoms with Crippen molar-refractivity contribution in [2.75, 3.05) is 23.3 Å². The van der Waals surface area contributed by atoms with Gasteiger partial charge in [-0.15, -0.1) is 0 Å². The Hall–Kier alpha value is -3.81. The molecule has 1 amide bonds. The van der Waals surface area contributed by atoms with Gasteiger partial charge in [-0.25, -0.2) is 14.6 Å². The first-order valence-electron chi connectivity index (χ1n) is 10.4. The molecule has 1 N–H and O–H groups in total. The third kappa shape index (κ3) is 3.61. The van der Waals surface area contributed by atoms with Crippen LogP contribution >= 0.6 is 0 Å². The summed E-state index contributed by atoms with van der Waals surface area (Å²) in [5.41, 5.74) is 1.89. The van der Waals surface area contributed by atoms with E-state index in [1.54, 1.807) is 19.2 Å². The van der Waals surface area contributed by atoms with Crippen LogP contribution in [0.25, 0.3) is 21.8 Å². The van der Waals surface area contributed by atoms with Gasteiger partial charge in [0, 0.05) is 25.5 Å². The second kappa shape index (κ2) is 7.79. The van der Waals surface area contributed by atoms with Crippen molar-refractivity contribution in [3.8, 4) is 0 Å². The van der Waals surface area contributed by atoms with Crippen LogP contribution in [0.3, 0.4) is 0 Å². The summed E-state index contributed by atoms with van der Waals surface area (Å²) in [6.45, 7) is 1.78. The maximum Gasteiger partial charge on any atom is 0.274 e. The number of carbonyl (C=O) groups excluding carboxylic acids is 1. The fourth-order valence-electron chi connectivity index (χ4n) is 4.06. The van der Waals surface area contributed by atoms with E-state index in [0.29, 0.717) is 28.1 Å². The van der Waals surface area contributed by atoms with Gasteiger partial charge in [0.15, 0.2) is 11.6 Å². The minimum Gasteiger partial charge on any atom is -0.354 e. The SMILES string of the molecule is Cn1nc(CC(=O)Nc2nc3ccccc3nc2N2CCCC2)c2ccccc2c1=O. The Kier molecular flexibility index (Phi) is 4.82. The van der Waals surface area contributed by atoms with Gasteiger partial charge in [0.25, 0.3) is 5.56 Å². The Morgan fingerprint density at radius 1 is 0.968 bits per heavy atom. The Morgan fingerprint density at radius 2 is 1.61 bits per heavy atom. The second-order valence-electron chi connectivity index (χ2n) is 7.72. The first kappa shape index (κ1) is 19.2. The largest absolute Gasteiger partial charge is 0.354 e. The standard InChI is InChI=1S/C23H22N6O2/c1-28-23(31)16-9-3-2-8-15(16)19(27-28)14-20(30)26-21-22(29-12-6-7-13-29)25-18-11-5-4-10-17(18)24-21/h2-5,8-11H,6-7,12-14H2,1H3,(H,24,26,30). The van der Waals surface area contributed by atoms with Crippen molar-refractivity contribution in [2.24, 2.45) is 7.05 Å². The van der Waals surface area contributed by atoms with Crippen molar-refractivity contribution in [3.05, 3.63) is 64.6 Å². The fourth-order valence-corrected chi connectivity index (χ4v) is 4.06. The van der Waals surface area contributed by atoms with Crippen LogP contribution in [0.5, 0.6) is 0 Å². The predicted octanol–water partition coefficient (Wildman–Crippen LogP) is 2.66.